The predicted molar refractivity (Wildman–Crippen MR) is 115 cm³/mol. The molecule has 0 bridgehead atoms. The van der Waals surface area contributed by atoms with E-state index in [1.165, 1.54) is 11.1 Å². The molecule has 0 saturated heterocycles. The van der Waals surface area contributed by atoms with Crippen molar-refractivity contribution in [1.82, 2.24) is 9.88 Å². The summed E-state index contributed by atoms with van der Waals surface area (Å²) in [5.41, 5.74) is 4.19. The number of fused-ring (bicyclic) bond motifs is 1. The Morgan fingerprint density at radius 2 is 1.89 bits per heavy atom. The second kappa shape index (κ2) is 8.07. The number of para-hydroxylation sites is 1. The van der Waals surface area contributed by atoms with Crippen molar-refractivity contribution < 1.29 is 5.11 Å². The van der Waals surface area contributed by atoms with Crippen LogP contribution in [-0.2, 0) is 6.54 Å². The molecule has 0 fully saturated rings. The molecule has 0 saturated carbocycles. The van der Waals surface area contributed by atoms with Crippen molar-refractivity contribution in [2.24, 2.45) is 0 Å². The molecule has 1 aromatic heterocycles. The zero-order valence-electron chi connectivity index (χ0n) is 15.0. The first-order chi connectivity index (χ1) is 13.2. The molecule has 0 aliphatic carbocycles. The molecule has 27 heavy (non-hydrogen) atoms. The Labute approximate surface area is 167 Å². The Bertz CT molecular complexity index is 1010. The van der Waals surface area contributed by atoms with Gasteiger partial charge in [0.05, 0.1) is 5.69 Å². The van der Waals surface area contributed by atoms with Gasteiger partial charge in [-0.3, -0.25) is 4.90 Å². The second-order valence-corrected chi connectivity index (χ2v) is 7.72. The van der Waals surface area contributed by atoms with E-state index in [0.29, 0.717) is 5.52 Å². The van der Waals surface area contributed by atoms with Crippen LogP contribution >= 0.6 is 15.9 Å². The van der Waals surface area contributed by atoms with Crippen molar-refractivity contribution in [2.75, 3.05) is 13.1 Å². The first kappa shape index (κ1) is 18.0. The zero-order valence-corrected chi connectivity index (χ0v) is 16.6. The van der Waals surface area contributed by atoms with E-state index in [4.69, 9.17) is 0 Å². The third-order valence-electron chi connectivity index (χ3n) is 4.84. The van der Waals surface area contributed by atoms with E-state index in [0.717, 1.165) is 41.6 Å². The van der Waals surface area contributed by atoms with Crippen molar-refractivity contribution in [3.63, 3.8) is 0 Å². The Morgan fingerprint density at radius 1 is 1.04 bits per heavy atom. The highest BCUT2D eigenvalue weighted by Crippen LogP contribution is 2.23. The fourth-order valence-corrected chi connectivity index (χ4v) is 3.57. The van der Waals surface area contributed by atoms with Gasteiger partial charge in [-0.25, -0.2) is 4.98 Å². The number of hydrogen-bond donors (Lipinski definition) is 1. The highest BCUT2D eigenvalue weighted by atomic mass is 79.9. The lowest BCUT2D eigenvalue weighted by Crippen LogP contribution is -2.27. The predicted octanol–water partition coefficient (Wildman–Crippen LogP) is 5.55. The lowest BCUT2D eigenvalue weighted by atomic mass is 10.1. The smallest absolute Gasteiger partial charge is 0.141 e. The van der Waals surface area contributed by atoms with Crippen LogP contribution in [0.1, 0.15) is 17.7 Å². The van der Waals surface area contributed by atoms with Gasteiger partial charge < -0.3 is 5.11 Å². The molecule has 136 valence electrons. The summed E-state index contributed by atoms with van der Waals surface area (Å²) in [6.45, 7) is 2.99. The average Bonchev–Trinajstić information content (AvgIpc) is 2.70. The van der Waals surface area contributed by atoms with Gasteiger partial charge in [0.15, 0.2) is 0 Å². The third-order valence-corrected chi connectivity index (χ3v) is 5.37. The van der Waals surface area contributed by atoms with Crippen LogP contribution in [0.25, 0.3) is 17.0 Å². The molecular formula is C23H21BrN2O. The number of nitrogens with zero attached hydrogens (tertiary/aromatic N) is 2. The summed E-state index contributed by atoms with van der Waals surface area (Å²) in [5, 5.41) is 10.9. The van der Waals surface area contributed by atoms with Crippen molar-refractivity contribution >= 4 is 32.9 Å². The number of benzene rings is 2. The standard InChI is InChI=1S/C23H21BrN2O/c24-20-8-4-18(5-9-20)16-26-14-12-17(13-15-26)6-10-21-11-7-19-2-1-3-22(27)23(19)25-21/h1-12,27H,13-16H2/b10-6+. The average molecular weight is 421 g/mol. The minimum Gasteiger partial charge on any atom is -0.506 e. The van der Waals surface area contributed by atoms with Gasteiger partial charge in [0.25, 0.3) is 0 Å². The van der Waals surface area contributed by atoms with Gasteiger partial charge in [-0.15, -0.1) is 0 Å². The Morgan fingerprint density at radius 3 is 2.67 bits per heavy atom. The lowest BCUT2D eigenvalue weighted by Gasteiger charge is -2.25. The summed E-state index contributed by atoms with van der Waals surface area (Å²) >= 11 is 3.48. The van der Waals surface area contributed by atoms with Crippen LogP contribution in [0.3, 0.4) is 0 Å². The number of aromatic nitrogens is 1. The monoisotopic (exact) mass is 420 g/mol. The molecule has 4 heteroatoms. The maximum Gasteiger partial charge on any atom is 0.141 e. The second-order valence-electron chi connectivity index (χ2n) is 6.81. The molecule has 1 aliphatic rings. The number of aromatic hydroxyl groups is 1. The van der Waals surface area contributed by atoms with Gasteiger partial charge in [-0.2, -0.15) is 0 Å². The number of phenolic OH excluding ortho intramolecular Hbond substituents is 1. The fourth-order valence-electron chi connectivity index (χ4n) is 3.30. The van der Waals surface area contributed by atoms with E-state index in [1.807, 2.05) is 30.3 Å². The van der Waals surface area contributed by atoms with E-state index in [2.05, 4.69) is 62.2 Å². The van der Waals surface area contributed by atoms with Crippen LogP contribution in [0, 0.1) is 0 Å². The zero-order chi connectivity index (χ0) is 18.6. The fraction of sp³-hybridized carbons (Fsp3) is 0.174. The molecule has 3 nitrogen and oxygen atoms in total. The summed E-state index contributed by atoms with van der Waals surface area (Å²) in [7, 11) is 0. The third kappa shape index (κ3) is 4.46. The quantitative estimate of drug-likeness (QED) is 0.600. The van der Waals surface area contributed by atoms with Crippen molar-refractivity contribution in [1.29, 1.82) is 0 Å². The first-order valence-corrected chi connectivity index (χ1v) is 9.89. The van der Waals surface area contributed by atoms with Crippen LogP contribution in [0.5, 0.6) is 5.75 Å². The highest BCUT2D eigenvalue weighted by Gasteiger charge is 2.10. The van der Waals surface area contributed by atoms with Crippen molar-refractivity contribution in [3.8, 4) is 5.75 Å². The molecule has 2 aromatic carbocycles. The summed E-state index contributed by atoms with van der Waals surface area (Å²) in [4.78, 5) is 7.01. The number of halogens is 1. The summed E-state index contributed by atoms with van der Waals surface area (Å²) < 4.78 is 1.12. The Kier molecular flexibility index (Phi) is 5.37. The van der Waals surface area contributed by atoms with Gasteiger partial charge in [0.2, 0.25) is 0 Å². The van der Waals surface area contributed by atoms with E-state index < -0.39 is 0 Å². The van der Waals surface area contributed by atoms with Crippen LogP contribution in [0.15, 0.2) is 76.8 Å². The van der Waals surface area contributed by atoms with Gasteiger partial charge in [0, 0.05) is 29.5 Å². The largest absolute Gasteiger partial charge is 0.506 e. The topological polar surface area (TPSA) is 36.4 Å². The SMILES string of the molecule is Oc1cccc2ccc(/C=C/C3=CCN(Cc4ccc(Br)cc4)CC3)nc12. The van der Waals surface area contributed by atoms with Crippen LogP contribution in [0.4, 0.5) is 0 Å². The number of rotatable bonds is 4. The first-order valence-electron chi connectivity index (χ1n) is 9.10. The van der Waals surface area contributed by atoms with E-state index in [9.17, 15) is 5.11 Å². The highest BCUT2D eigenvalue weighted by molar-refractivity contribution is 9.10. The summed E-state index contributed by atoms with van der Waals surface area (Å²) in [6, 6.07) is 18.0. The summed E-state index contributed by atoms with van der Waals surface area (Å²) in [6.07, 6.45) is 7.50. The van der Waals surface area contributed by atoms with Crippen molar-refractivity contribution in [3.05, 3.63) is 88.1 Å². The number of phenols is 1. The Balaban J connectivity index is 1.41. The summed E-state index contributed by atoms with van der Waals surface area (Å²) in [5.74, 6) is 0.225. The van der Waals surface area contributed by atoms with Gasteiger partial charge in [-0.1, -0.05) is 58.4 Å². The molecule has 0 atom stereocenters. The molecule has 4 rings (SSSR count). The van der Waals surface area contributed by atoms with Crippen LogP contribution in [-0.4, -0.2) is 28.1 Å². The number of pyridine rings is 1. The van der Waals surface area contributed by atoms with Gasteiger partial charge in [-0.05, 0) is 47.9 Å². The van der Waals surface area contributed by atoms with Gasteiger partial charge in [0.1, 0.15) is 11.3 Å². The minimum atomic E-state index is 0.225. The maximum absolute atomic E-state index is 9.97. The van der Waals surface area contributed by atoms with E-state index in [-0.39, 0.29) is 5.75 Å². The van der Waals surface area contributed by atoms with Crippen LogP contribution in [0.2, 0.25) is 0 Å². The van der Waals surface area contributed by atoms with E-state index >= 15 is 0 Å². The van der Waals surface area contributed by atoms with Gasteiger partial charge >= 0.3 is 0 Å². The minimum absolute atomic E-state index is 0.225. The van der Waals surface area contributed by atoms with Crippen molar-refractivity contribution in [2.45, 2.75) is 13.0 Å². The normalized spacial score (nSPS) is 15.4. The maximum atomic E-state index is 9.97. The molecule has 2 heterocycles. The van der Waals surface area contributed by atoms with Crippen LogP contribution < -0.4 is 0 Å². The molecule has 1 N–H and O–H groups in total. The number of allylic oxidation sites excluding steroid dienone is 1. The molecule has 1 aliphatic heterocycles. The number of hydrogen-bond acceptors (Lipinski definition) is 3. The molecule has 3 aromatic rings. The molecule has 0 spiro atoms. The molecular weight excluding hydrogens is 400 g/mol. The molecule has 0 unspecified atom stereocenters. The molecule has 0 radical (unpaired) electrons. The Hall–Kier alpha value is -2.43. The van der Waals surface area contributed by atoms with E-state index in [1.54, 1.807) is 6.07 Å². The molecule has 0 amide bonds. The lowest BCUT2D eigenvalue weighted by molar-refractivity contribution is 0.287.